The molecule has 1 fully saturated rings. The molecule has 14 heavy (non-hydrogen) atoms. The minimum Gasteiger partial charge on any atom is -0.369 e. The maximum absolute atomic E-state index is 13.2. The molecule has 2 rings (SSSR count). The summed E-state index contributed by atoms with van der Waals surface area (Å²) in [6.45, 7) is 0. The largest absolute Gasteiger partial charge is 0.369 e. The fourth-order valence-electron chi connectivity index (χ4n) is 1.65. The standard InChI is InChI=1S/C10H9F2NO/c11-5-1-2-9(12)7(3-5)6-4-8(6)10(13)14/h1-3,6,8H,4H2,(H2,13,14)/t6-,8-/m1/s1. The van der Waals surface area contributed by atoms with Crippen LogP contribution in [-0.2, 0) is 4.79 Å². The Kier molecular flexibility index (Phi) is 1.98. The smallest absolute Gasteiger partial charge is 0.221 e. The second-order valence-electron chi connectivity index (χ2n) is 3.52. The summed E-state index contributed by atoms with van der Waals surface area (Å²) in [6, 6.07) is 3.25. The van der Waals surface area contributed by atoms with Gasteiger partial charge in [0.1, 0.15) is 11.6 Å². The highest BCUT2D eigenvalue weighted by molar-refractivity contribution is 5.81. The minimum absolute atomic E-state index is 0.233. The topological polar surface area (TPSA) is 43.1 Å². The van der Waals surface area contributed by atoms with Gasteiger partial charge in [-0.25, -0.2) is 8.78 Å². The van der Waals surface area contributed by atoms with E-state index >= 15 is 0 Å². The van der Waals surface area contributed by atoms with Gasteiger partial charge in [-0.05, 0) is 36.1 Å². The predicted molar refractivity (Wildman–Crippen MR) is 46.4 cm³/mol. The highest BCUT2D eigenvalue weighted by Crippen LogP contribution is 2.48. The fraction of sp³-hybridized carbons (Fsp3) is 0.300. The molecule has 0 aromatic heterocycles. The first-order valence-electron chi connectivity index (χ1n) is 4.34. The first kappa shape index (κ1) is 9.12. The van der Waals surface area contributed by atoms with Gasteiger partial charge >= 0.3 is 0 Å². The normalized spacial score (nSPS) is 24.7. The number of rotatable bonds is 2. The van der Waals surface area contributed by atoms with Crippen molar-refractivity contribution in [2.75, 3.05) is 0 Å². The first-order valence-corrected chi connectivity index (χ1v) is 4.34. The lowest BCUT2D eigenvalue weighted by atomic mass is 10.1. The highest BCUT2D eigenvalue weighted by Gasteiger charge is 2.44. The number of primary amides is 1. The molecular formula is C10H9F2NO. The zero-order valence-electron chi connectivity index (χ0n) is 7.34. The second-order valence-corrected chi connectivity index (χ2v) is 3.52. The zero-order valence-corrected chi connectivity index (χ0v) is 7.34. The summed E-state index contributed by atoms with van der Waals surface area (Å²) in [4.78, 5) is 10.7. The first-order chi connectivity index (χ1) is 6.59. The number of amides is 1. The average Bonchev–Trinajstić information content (AvgIpc) is 2.88. The molecule has 2 nitrogen and oxygen atoms in total. The van der Waals surface area contributed by atoms with Crippen molar-refractivity contribution < 1.29 is 13.6 Å². The van der Waals surface area contributed by atoms with Crippen molar-refractivity contribution >= 4 is 5.91 Å². The van der Waals surface area contributed by atoms with E-state index in [0.29, 0.717) is 6.42 Å². The van der Waals surface area contributed by atoms with Crippen molar-refractivity contribution in [1.82, 2.24) is 0 Å². The quantitative estimate of drug-likeness (QED) is 0.768. The van der Waals surface area contributed by atoms with E-state index in [9.17, 15) is 13.6 Å². The summed E-state index contributed by atoms with van der Waals surface area (Å²) in [5, 5.41) is 0. The van der Waals surface area contributed by atoms with E-state index in [2.05, 4.69) is 0 Å². The molecule has 4 heteroatoms. The van der Waals surface area contributed by atoms with Crippen LogP contribution in [0.1, 0.15) is 17.9 Å². The van der Waals surface area contributed by atoms with Crippen molar-refractivity contribution in [3.63, 3.8) is 0 Å². The second kappa shape index (κ2) is 3.04. The third-order valence-electron chi connectivity index (χ3n) is 2.51. The molecule has 0 radical (unpaired) electrons. The van der Waals surface area contributed by atoms with E-state index in [4.69, 9.17) is 5.73 Å². The summed E-state index contributed by atoms with van der Waals surface area (Å²) >= 11 is 0. The van der Waals surface area contributed by atoms with Crippen molar-refractivity contribution in [3.05, 3.63) is 35.4 Å². The average molecular weight is 197 g/mol. The molecule has 74 valence electrons. The molecule has 0 spiro atoms. The van der Waals surface area contributed by atoms with Crippen LogP contribution in [0.15, 0.2) is 18.2 Å². The summed E-state index contributed by atoms with van der Waals surface area (Å²) in [7, 11) is 0. The molecule has 0 aliphatic heterocycles. The Morgan fingerprint density at radius 3 is 2.71 bits per heavy atom. The molecule has 1 aromatic rings. The maximum atomic E-state index is 13.2. The lowest BCUT2D eigenvalue weighted by molar-refractivity contribution is -0.119. The van der Waals surface area contributed by atoms with E-state index in [-0.39, 0.29) is 17.4 Å². The van der Waals surface area contributed by atoms with Crippen LogP contribution in [-0.4, -0.2) is 5.91 Å². The van der Waals surface area contributed by atoms with Crippen LogP contribution >= 0.6 is 0 Å². The number of halogens is 2. The van der Waals surface area contributed by atoms with E-state index < -0.39 is 17.5 Å². The number of carbonyl (C=O) groups excluding carboxylic acids is 1. The molecule has 0 bridgehead atoms. The van der Waals surface area contributed by atoms with Gasteiger partial charge < -0.3 is 5.73 Å². The molecule has 1 saturated carbocycles. The third kappa shape index (κ3) is 1.47. The van der Waals surface area contributed by atoms with Crippen LogP contribution in [0.3, 0.4) is 0 Å². The van der Waals surface area contributed by atoms with E-state index in [1.165, 1.54) is 0 Å². The van der Waals surface area contributed by atoms with E-state index in [1.807, 2.05) is 0 Å². The van der Waals surface area contributed by atoms with Crippen molar-refractivity contribution in [3.8, 4) is 0 Å². The van der Waals surface area contributed by atoms with Gasteiger partial charge in [-0.15, -0.1) is 0 Å². The van der Waals surface area contributed by atoms with Gasteiger partial charge in [-0.1, -0.05) is 0 Å². The van der Waals surface area contributed by atoms with Gasteiger partial charge in [0, 0.05) is 5.92 Å². The molecule has 1 aromatic carbocycles. The Balaban J connectivity index is 2.26. The molecule has 0 heterocycles. The van der Waals surface area contributed by atoms with Gasteiger partial charge in [0.2, 0.25) is 5.91 Å². The van der Waals surface area contributed by atoms with Gasteiger partial charge in [0.15, 0.2) is 0 Å². The van der Waals surface area contributed by atoms with Crippen LogP contribution in [0.5, 0.6) is 0 Å². The van der Waals surface area contributed by atoms with Gasteiger partial charge in [0.05, 0.1) is 0 Å². The minimum atomic E-state index is -0.489. The SMILES string of the molecule is NC(=O)[C@@H]1C[C@@H]1c1cc(F)ccc1F. The van der Waals surface area contributed by atoms with Crippen molar-refractivity contribution in [1.29, 1.82) is 0 Å². The van der Waals surface area contributed by atoms with Gasteiger partial charge in [-0.3, -0.25) is 4.79 Å². The van der Waals surface area contributed by atoms with Gasteiger partial charge in [0.25, 0.3) is 0 Å². The maximum Gasteiger partial charge on any atom is 0.221 e. The van der Waals surface area contributed by atoms with Crippen LogP contribution in [0.25, 0.3) is 0 Å². The van der Waals surface area contributed by atoms with Crippen molar-refractivity contribution in [2.24, 2.45) is 11.7 Å². The van der Waals surface area contributed by atoms with Crippen LogP contribution in [0.2, 0.25) is 0 Å². The molecule has 1 aliphatic carbocycles. The lowest BCUT2D eigenvalue weighted by Crippen LogP contribution is -2.13. The summed E-state index contributed by atoms with van der Waals surface area (Å²) in [5.74, 6) is -1.97. The van der Waals surface area contributed by atoms with Gasteiger partial charge in [-0.2, -0.15) is 0 Å². The highest BCUT2D eigenvalue weighted by atomic mass is 19.1. The Labute approximate surface area is 79.7 Å². The lowest BCUT2D eigenvalue weighted by Gasteiger charge is -2.00. The molecule has 0 saturated heterocycles. The Morgan fingerprint density at radius 2 is 2.14 bits per heavy atom. The molecule has 2 N–H and O–H groups in total. The van der Waals surface area contributed by atoms with Crippen LogP contribution < -0.4 is 5.73 Å². The molecule has 1 amide bonds. The Morgan fingerprint density at radius 1 is 1.43 bits per heavy atom. The van der Waals surface area contributed by atoms with Crippen molar-refractivity contribution in [2.45, 2.75) is 12.3 Å². The Bertz CT molecular complexity index is 392. The number of benzene rings is 1. The summed E-state index contributed by atoms with van der Waals surface area (Å²) < 4.78 is 26.0. The number of nitrogens with two attached hydrogens (primary N) is 1. The molecule has 1 aliphatic rings. The summed E-state index contributed by atoms with van der Waals surface area (Å²) in [5.41, 5.74) is 5.32. The third-order valence-corrected chi connectivity index (χ3v) is 2.51. The molecular weight excluding hydrogens is 188 g/mol. The molecule has 0 unspecified atom stereocenters. The zero-order chi connectivity index (χ0) is 10.3. The molecule has 2 atom stereocenters. The number of carbonyl (C=O) groups is 1. The number of hydrogen-bond acceptors (Lipinski definition) is 1. The summed E-state index contributed by atoms with van der Waals surface area (Å²) in [6.07, 6.45) is 0.524. The van der Waals surface area contributed by atoms with E-state index in [1.54, 1.807) is 0 Å². The van der Waals surface area contributed by atoms with Crippen LogP contribution in [0, 0.1) is 17.6 Å². The van der Waals surface area contributed by atoms with E-state index in [0.717, 1.165) is 18.2 Å². The fourth-order valence-corrected chi connectivity index (χ4v) is 1.65. The predicted octanol–water partition coefficient (Wildman–Crippen LogP) is 1.55. The monoisotopic (exact) mass is 197 g/mol. The van der Waals surface area contributed by atoms with Crippen LogP contribution in [0.4, 0.5) is 8.78 Å². The Hall–Kier alpha value is -1.45. The number of hydrogen-bond donors (Lipinski definition) is 1.